The highest BCUT2D eigenvalue weighted by atomic mass is 127. The maximum Gasteiger partial charge on any atom is 0.191 e. The van der Waals surface area contributed by atoms with Gasteiger partial charge in [-0.1, -0.05) is 19.9 Å². The first-order valence-corrected chi connectivity index (χ1v) is 10.5. The van der Waals surface area contributed by atoms with Crippen LogP contribution in [-0.4, -0.2) is 39.7 Å². The zero-order valence-electron chi connectivity index (χ0n) is 17.4. The minimum Gasteiger partial charge on any atom is -0.357 e. The highest BCUT2D eigenvalue weighted by molar-refractivity contribution is 14.0. The van der Waals surface area contributed by atoms with Crippen molar-refractivity contribution < 1.29 is 0 Å². The van der Waals surface area contributed by atoms with Gasteiger partial charge in [0.05, 0.1) is 0 Å². The second-order valence-electron chi connectivity index (χ2n) is 7.91. The fourth-order valence-electron chi connectivity index (χ4n) is 3.93. The fraction of sp³-hybridized carbons (Fsp3) is 0.667. The number of halogens is 1. The summed E-state index contributed by atoms with van der Waals surface area (Å²) in [5.74, 6) is 3.66. The Labute approximate surface area is 186 Å². The molecule has 0 spiro atoms. The normalized spacial score (nSPS) is 20.2. The van der Waals surface area contributed by atoms with E-state index in [0.29, 0.717) is 6.04 Å². The van der Waals surface area contributed by atoms with Crippen LogP contribution in [0.3, 0.4) is 0 Å². The van der Waals surface area contributed by atoms with Gasteiger partial charge in [0.15, 0.2) is 11.6 Å². The van der Waals surface area contributed by atoms with Crippen molar-refractivity contribution in [3.8, 4) is 0 Å². The Morgan fingerprint density at radius 3 is 2.71 bits per heavy atom. The molecule has 156 valence electrons. The molecule has 0 bridgehead atoms. The summed E-state index contributed by atoms with van der Waals surface area (Å²) in [5.41, 5.74) is 0.906. The molecule has 6 nitrogen and oxygen atoms in total. The van der Waals surface area contributed by atoms with Gasteiger partial charge in [0.25, 0.3) is 0 Å². The second-order valence-corrected chi connectivity index (χ2v) is 7.91. The average Bonchev–Trinajstić information content (AvgIpc) is 3.09. The molecule has 1 fully saturated rings. The molecular weight excluding hydrogens is 463 g/mol. The van der Waals surface area contributed by atoms with E-state index in [1.54, 1.807) is 0 Å². The standard InChI is InChI=1S/C21H34N6.HI/c1-4-22-21(24-18-12-10-17(11-13-18)16(2)3)23-14-7-9-20-26-25-19-8-5-6-15-27(19)20;/h5-6,8,15-18H,4,7,9-14H2,1-3H3,(H2,22,23,24);1H. The highest BCUT2D eigenvalue weighted by Crippen LogP contribution is 2.29. The van der Waals surface area contributed by atoms with E-state index in [9.17, 15) is 0 Å². The van der Waals surface area contributed by atoms with Crippen LogP contribution in [0, 0.1) is 11.8 Å². The molecule has 2 N–H and O–H groups in total. The zero-order valence-corrected chi connectivity index (χ0v) is 19.7. The Kier molecular flexibility index (Phi) is 9.47. The number of pyridine rings is 1. The largest absolute Gasteiger partial charge is 0.357 e. The SMILES string of the molecule is CCNC(=NCCCc1nnc2ccccn12)NC1CCC(C(C)C)CC1.I. The summed E-state index contributed by atoms with van der Waals surface area (Å²) < 4.78 is 2.06. The number of aliphatic imine (C=N–C) groups is 1. The van der Waals surface area contributed by atoms with Gasteiger partial charge in [0.2, 0.25) is 0 Å². The van der Waals surface area contributed by atoms with E-state index in [4.69, 9.17) is 4.99 Å². The topological polar surface area (TPSA) is 66.6 Å². The number of aryl methyl sites for hydroxylation is 1. The van der Waals surface area contributed by atoms with Crippen LogP contribution in [0.1, 0.15) is 58.7 Å². The lowest BCUT2D eigenvalue weighted by molar-refractivity contribution is 0.250. The Balaban J connectivity index is 0.00000280. The van der Waals surface area contributed by atoms with Crippen molar-refractivity contribution in [2.24, 2.45) is 16.8 Å². The maximum atomic E-state index is 4.78. The smallest absolute Gasteiger partial charge is 0.191 e. The maximum absolute atomic E-state index is 4.78. The lowest BCUT2D eigenvalue weighted by atomic mass is 9.80. The molecule has 1 aliphatic carbocycles. The Hall–Kier alpha value is -1.38. The first-order chi connectivity index (χ1) is 13.2. The summed E-state index contributed by atoms with van der Waals surface area (Å²) in [6.07, 6.45) is 9.02. The molecule has 0 saturated heterocycles. The van der Waals surface area contributed by atoms with Gasteiger partial charge in [-0.3, -0.25) is 9.39 Å². The third kappa shape index (κ3) is 6.32. The first-order valence-electron chi connectivity index (χ1n) is 10.5. The van der Waals surface area contributed by atoms with Crippen LogP contribution in [0.4, 0.5) is 0 Å². The monoisotopic (exact) mass is 498 g/mol. The van der Waals surface area contributed by atoms with E-state index in [1.165, 1.54) is 25.7 Å². The van der Waals surface area contributed by atoms with Crippen LogP contribution in [0.25, 0.3) is 5.65 Å². The van der Waals surface area contributed by atoms with Gasteiger partial charge in [0.1, 0.15) is 5.82 Å². The minimum absolute atomic E-state index is 0. The quantitative estimate of drug-likeness (QED) is 0.262. The summed E-state index contributed by atoms with van der Waals surface area (Å²) >= 11 is 0. The van der Waals surface area contributed by atoms with Gasteiger partial charge in [-0.2, -0.15) is 0 Å². The molecule has 0 atom stereocenters. The second kappa shape index (κ2) is 11.6. The van der Waals surface area contributed by atoms with Gasteiger partial charge in [-0.25, -0.2) is 0 Å². The number of rotatable bonds is 7. The van der Waals surface area contributed by atoms with Crippen LogP contribution < -0.4 is 10.6 Å². The molecule has 0 unspecified atom stereocenters. The number of nitrogens with zero attached hydrogens (tertiary/aromatic N) is 4. The number of hydrogen-bond donors (Lipinski definition) is 2. The van der Waals surface area contributed by atoms with Crippen LogP contribution in [0.2, 0.25) is 0 Å². The Morgan fingerprint density at radius 2 is 2.00 bits per heavy atom. The van der Waals surface area contributed by atoms with E-state index in [2.05, 4.69) is 46.0 Å². The van der Waals surface area contributed by atoms with E-state index in [0.717, 1.165) is 55.2 Å². The molecule has 3 rings (SSSR count). The van der Waals surface area contributed by atoms with E-state index >= 15 is 0 Å². The molecule has 1 saturated carbocycles. The molecule has 7 heteroatoms. The Morgan fingerprint density at radius 1 is 1.21 bits per heavy atom. The molecule has 0 aliphatic heterocycles. The zero-order chi connectivity index (χ0) is 19.1. The van der Waals surface area contributed by atoms with Gasteiger partial charge >= 0.3 is 0 Å². The number of nitrogens with one attached hydrogen (secondary N) is 2. The van der Waals surface area contributed by atoms with Crippen molar-refractivity contribution in [2.75, 3.05) is 13.1 Å². The number of aromatic nitrogens is 3. The molecule has 0 radical (unpaired) electrons. The number of fused-ring (bicyclic) bond motifs is 1. The van der Waals surface area contributed by atoms with Crippen molar-refractivity contribution in [3.05, 3.63) is 30.2 Å². The predicted octanol–water partition coefficient (Wildman–Crippen LogP) is 4.05. The van der Waals surface area contributed by atoms with Crippen LogP contribution >= 0.6 is 24.0 Å². The summed E-state index contributed by atoms with van der Waals surface area (Å²) in [6.45, 7) is 8.50. The molecule has 2 aromatic heterocycles. The fourth-order valence-corrected chi connectivity index (χ4v) is 3.93. The average molecular weight is 498 g/mol. The summed E-state index contributed by atoms with van der Waals surface area (Å²) in [7, 11) is 0. The number of guanidine groups is 1. The van der Waals surface area contributed by atoms with Crippen molar-refractivity contribution >= 4 is 35.6 Å². The van der Waals surface area contributed by atoms with Gasteiger partial charge in [-0.15, -0.1) is 34.2 Å². The molecule has 0 aromatic carbocycles. The summed E-state index contributed by atoms with van der Waals surface area (Å²) in [4.78, 5) is 4.78. The van der Waals surface area contributed by atoms with Crippen molar-refractivity contribution in [1.82, 2.24) is 25.2 Å². The highest BCUT2D eigenvalue weighted by Gasteiger charge is 2.23. The van der Waals surface area contributed by atoms with E-state index in [-0.39, 0.29) is 24.0 Å². The van der Waals surface area contributed by atoms with Gasteiger partial charge in [0, 0.05) is 31.7 Å². The van der Waals surface area contributed by atoms with Crippen molar-refractivity contribution in [3.63, 3.8) is 0 Å². The molecule has 1 aliphatic rings. The van der Waals surface area contributed by atoms with Crippen molar-refractivity contribution in [1.29, 1.82) is 0 Å². The minimum atomic E-state index is 0. The molecule has 2 heterocycles. The summed E-state index contributed by atoms with van der Waals surface area (Å²) in [6, 6.07) is 6.54. The third-order valence-electron chi connectivity index (χ3n) is 5.61. The van der Waals surface area contributed by atoms with E-state index in [1.807, 2.05) is 24.4 Å². The van der Waals surface area contributed by atoms with Gasteiger partial charge < -0.3 is 10.6 Å². The Bertz CT molecular complexity index is 733. The lowest BCUT2D eigenvalue weighted by Crippen LogP contribution is -2.45. The van der Waals surface area contributed by atoms with Crippen LogP contribution in [0.15, 0.2) is 29.4 Å². The van der Waals surface area contributed by atoms with E-state index < -0.39 is 0 Å². The third-order valence-corrected chi connectivity index (χ3v) is 5.61. The first kappa shape index (κ1) is 22.9. The molecule has 0 amide bonds. The van der Waals surface area contributed by atoms with Crippen molar-refractivity contribution in [2.45, 2.75) is 65.3 Å². The molecule has 2 aromatic rings. The number of hydrogen-bond acceptors (Lipinski definition) is 3. The lowest BCUT2D eigenvalue weighted by Gasteiger charge is -2.32. The molecule has 28 heavy (non-hydrogen) atoms. The summed E-state index contributed by atoms with van der Waals surface area (Å²) in [5, 5.41) is 15.5. The predicted molar refractivity (Wildman–Crippen MR) is 126 cm³/mol. The van der Waals surface area contributed by atoms with Gasteiger partial charge in [-0.05, 0) is 63.0 Å². The van der Waals surface area contributed by atoms with Crippen LogP contribution in [-0.2, 0) is 6.42 Å². The molecular formula is C21H35IN6. The van der Waals surface area contributed by atoms with Crippen LogP contribution in [0.5, 0.6) is 0 Å².